The molecule has 0 bridgehead atoms. The molecule has 7 nitrogen and oxygen atoms in total. The highest BCUT2D eigenvalue weighted by Gasteiger charge is 2.26. The number of piperazine rings is 1. The molecular weight excluding hydrogens is 306 g/mol. The van der Waals surface area contributed by atoms with Crippen LogP contribution in [0.15, 0.2) is 16.7 Å². The number of rotatable bonds is 3. The van der Waals surface area contributed by atoms with Crippen molar-refractivity contribution in [2.75, 3.05) is 31.1 Å². The SMILES string of the molecule is Cc1cc(C)nc(N2CCN(C(=O)c3cc(C(C)C)on3)CC2)n1. The Morgan fingerprint density at radius 3 is 2.25 bits per heavy atom. The number of aromatic nitrogens is 3. The lowest BCUT2D eigenvalue weighted by Gasteiger charge is -2.34. The number of aryl methyl sites for hydroxylation is 2. The normalized spacial score (nSPS) is 15.2. The Labute approximate surface area is 141 Å². The summed E-state index contributed by atoms with van der Waals surface area (Å²) in [5, 5.41) is 3.91. The predicted molar refractivity (Wildman–Crippen MR) is 90.2 cm³/mol. The van der Waals surface area contributed by atoms with E-state index in [2.05, 4.69) is 20.0 Å². The average Bonchev–Trinajstić information content (AvgIpc) is 3.03. The summed E-state index contributed by atoms with van der Waals surface area (Å²) in [4.78, 5) is 25.4. The molecule has 2 aromatic rings. The first-order valence-electron chi connectivity index (χ1n) is 8.27. The van der Waals surface area contributed by atoms with Crippen molar-refractivity contribution in [1.29, 1.82) is 0 Å². The number of carbonyl (C=O) groups is 1. The van der Waals surface area contributed by atoms with E-state index in [1.807, 2.05) is 33.8 Å². The lowest BCUT2D eigenvalue weighted by Crippen LogP contribution is -2.49. The topological polar surface area (TPSA) is 75.4 Å². The minimum absolute atomic E-state index is 0.0772. The molecule has 128 valence electrons. The zero-order chi connectivity index (χ0) is 17.3. The van der Waals surface area contributed by atoms with Crippen LogP contribution in [-0.2, 0) is 0 Å². The van der Waals surface area contributed by atoms with Crippen LogP contribution in [0.3, 0.4) is 0 Å². The first-order valence-corrected chi connectivity index (χ1v) is 8.27. The zero-order valence-corrected chi connectivity index (χ0v) is 14.6. The summed E-state index contributed by atoms with van der Waals surface area (Å²) < 4.78 is 5.23. The molecule has 0 spiro atoms. The van der Waals surface area contributed by atoms with Gasteiger partial charge in [0.25, 0.3) is 5.91 Å². The number of anilines is 1. The highest BCUT2D eigenvalue weighted by atomic mass is 16.5. The van der Waals surface area contributed by atoms with Crippen molar-refractivity contribution in [3.8, 4) is 0 Å². The summed E-state index contributed by atoms with van der Waals surface area (Å²) >= 11 is 0. The second-order valence-corrected chi connectivity index (χ2v) is 6.50. The van der Waals surface area contributed by atoms with Crippen molar-refractivity contribution in [3.05, 3.63) is 35.0 Å². The predicted octanol–water partition coefficient (Wildman–Crippen LogP) is 2.17. The minimum atomic E-state index is -0.0772. The number of amides is 1. The minimum Gasteiger partial charge on any atom is -0.360 e. The Morgan fingerprint density at radius 1 is 1.08 bits per heavy atom. The Bertz CT molecular complexity index is 712. The third-order valence-electron chi connectivity index (χ3n) is 4.14. The van der Waals surface area contributed by atoms with Gasteiger partial charge in [0.15, 0.2) is 5.69 Å². The van der Waals surface area contributed by atoms with E-state index in [0.29, 0.717) is 31.9 Å². The first kappa shape index (κ1) is 16.4. The molecule has 1 fully saturated rings. The van der Waals surface area contributed by atoms with E-state index in [9.17, 15) is 4.79 Å². The first-order chi connectivity index (χ1) is 11.4. The van der Waals surface area contributed by atoms with Gasteiger partial charge < -0.3 is 14.3 Å². The lowest BCUT2D eigenvalue weighted by atomic mass is 10.1. The Balaban J connectivity index is 1.64. The van der Waals surface area contributed by atoms with Crippen molar-refractivity contribution in [2.24, 2.45) is 0 Å². The van der Waals surface area contributed by atoms with Gasteiger partial charge in [0.1, 0.15) is 5.76 Å². The summed E-state index contributed by atoms with van der Waals surface area (Å²) in [6, 6.07) is 3.70. The highest BCUT2D eigenvalue weighted by molar-refractivity contribution is 5.92. The van der Waals surface area contributed by atoms with Crippen molar-refractivity contribution in [3.63, 3.8) is 0 Å². The van der Waals surface area contributed by atoms with Gasteiger partial charge in [-0.1, -0.05) is 19.0 Å². The van der Waals surface area contributed by atoms with Crippen LogP contribution in [0, 0.1) is 13.8 Å². The molecule has 0 saturated carbocycles. The van der Waals surface area contributed by atoms with Crippen LogP contribution >= 0.6 is 0 Å². The molecule has 7 heteroatoms. The van der Waals surface area contributed by atoms with Gasteiger partial charge in [-0.15, -0.1) is 0 Å². The van der Waals surface area contributed by atoms with Crippen molar-refractivity contribution in [1.82, 2.24) is 20.0 Å². The van der Waals surface area contributed by atoms with Gasteiger partial charge >= 0.3 is 0 Å². The molecule has 0 radical (unpaired) electrons. The molecule has 0 atom stereocenters. The molecule has 0 unspecified atom stereocenters. The number of hydrogen-bond donors (Lipinski definition) is 0. The molecule has 3 heterocycles. The standard InChI is InChI=1S/C17H23N5O2/c1-11(2)15-10-14(20-24-15)16(23)21-5-7-22(8-6-21)17-18-12(3)9-13(4)19-17/h9-11H,5-8H2,1-4H3. The highest BCUT2D eigenvalue weighted by Crippen LogP contribution is 2.18. The quantitative estimate of drug-likeness (QED) is 0.859. The van der Waals surface area contributed by atoms with Gasteiger partial charge in [0.05, 0.1) is 0 Å². The summed E-state index contributed by atoms with van der Waals surface area (Å²) in [7, 11) is 0. The second kappa shape index (κ2) is 6.59. The average molecular weight is 329 g/mol. The number of carbonyl (C=O) groups excluding carboxylic acids is 1. The molecule has 1 aliphatic heterocycles. The van der Waals surface area contributed by atoms with Gasteiger partial charge in [0.2, 0.25) is 5.95 Å². The number of hydrogen-bond acceptors (Lipinski definition) is 6. The molecule has 1 amide bonds. The molecular formula is C17H23N5O2. The third-order valence-corrected chi connectivity index (χ3v) is 4.14. The van der Waals surface area contributed by atoms with Gasteiger partial charge in [0, 0.05) is 49.6 Å². The van der Waals surface area contributed by atoms with E-state index in [0.717, 1.165) is 23.1 Å². The van der Waals surface area contributed by atoms with E-state index < -0.39 is 0 Å². The lowest BCUT2D eigenvalue weighted by molar-refractivity contribution is 0.0735. The summed E-state index contributed by atoms with van der Waals surface area (Å²) in [5.41, 5.74) is 2.30. The summed E-state index contributed by atoms with van der Waals surface area (Å²) in [6.45, 7) is 10.6. The molecule has 1 aliphatic rings. The van der Waals surface area contributed by atoms with Crippen LogP contribution in [0.5, 0.6) is 0 Å². The molecule has 0 aromatic carbocycles. The van der Waals surface area contributed by atoms with Crippen molar-refractivity contribution < 1.29 is 9.32 Å². The van der Waals surface area contributed by atoms with E-state index in [4.69, 9.17) is 4.52 Å². The van der Waals surface area contributed by atoms with Crippen LogP contribution in [0.25, 0.3) is 0 Å². The van der Waals surface area contributed by atoms with E-state index in [1.165, 1.54) is 0 Å². The van der Waals surface area contributed by atoms with Crippen LogP contribution in [0.4, 0.5) is 5.95 Å². The van der Waals surface area contributed by atoms with Crippen LogP contribution in [0.1, 0.15) is 47.4 Å². The Hall–Kier alpha value is -2.44. The molecule has 0 aliphatic carbocycles. The molecule has 3 rings (SSSR count). The van der Waals surface area contributed by atoms with Gasteiger partial charge in [-0.05, 0) is 19.9 Å². The molecule has 0 N–H and O–H groups in total. The van der Waals surface area contributed by atoms with Crippen LogP contribution in [0.2, 0.25) is 0 Å². The maximum atomic E-state index is 12.5. The largest absolute Gasteiger partial charge is 0.360 e. The molecule has 24 heavy (non-hydrogen) atoms. The second-order valence-electron chi connectivity index (χ2n) is 6.50. The summed E-state index contributed by atoms with van der Waals surface area (Å²) in [5.74, 6) is 1.62. The zero-order valence-electron chi connectivity index (χ0n) is 14.6. The fraction of sp³-hybridized carbons (Fsp3) is 0.529. The van der Waals surface area contributed by atoms with E-state index in [1.54, 1.807) is 11.0 Å². The Morgan fingerprint density at radius 2 is 1.71 bits per heavy atom. The third kappa shape index (κ3) is 3.39. The van der Waals surface area contributed by atoms with Crippen LogP contribution < -0.4 is 4.90 Å². The fourth-order valence-corrected chi connectivity index (χ4v) is 2.78. The fourth-order valence-electron chi connectivity index (χ4n) is 2.78. The van der Waals surface area contributed by atoms with Gasteiger partial charge in [-0.2, -0.15) is 0 Å². The molecule has 2 aromatic heterocycles. The van der Waals surface area contributed by atoms with Gasteiger partial charge in [-0.3, -0.25) is 4.79 Å². The number of nitrogens with zero attached hydrogens (tertiary/aromatic N) is 5. The van der Waals surface area contributed by atoms with Crippen molar-refractivity contribution >= 4 is 11.9 Å². The van der Waals surface area contributed by atoms with Crippen molar-refractivity contribution in [2.45, 2.75) is 33.6 Å². The smallest absolute Gasteiger partial charge is 0.276 e. The van der Waals surface area contributed by atoms with Crippen LogP contribution in [-0.4, -0.2) is 52.1 Å². The van der Waals surface area contributed by atoms with Gasteiger partial charge in [-0.25, -0.2) is 9.97 Å². The Kier molecular flexibility index (Phi) is 4.51. The maximum Gasteiger partial charge on any atom is 0.276 e. The van der Waals surface area contributed by atoms with E-state index in [-0.39, 0.29) is 11.8 Å². The maximum absolute atomic E-state index is 12.5. The van der Waals surface area contributed by atoms with E-state index >= 15 is 0 Å². The molecule has 1 saturated heterocycles. The monoisotopic (exact) mass is 329 g/mol. The summed E-state index contributed by atoms with van der Waals surface area (Å²) in [6.07, 6.45) is 0.